The molecule has 0 aliphatic rings. The van der Waals surface area contributed by atoms with E-state index in [0.717, 1.165) is 24.5 Å². The highest BCUT2D eigenvalue weighted by Gasteiger charge is 2.11. The molecule has 4 nitrogen and oxygen atoms in total. The van der Waals surface area contributed by atoms with Gasteiger partial charge in [-0.3, -0.25) is 0 Å². The highest BCUT2D eigenvalue weighted by Crippen LogP contribution is 2.17. The number of hydrogen-bond donors (Lipinski definition) is 1. The fraction of sp³-hybridized carbons (Fsp3) is 0.400. The van der Waals surface area contributed by atoms with Crippen molar-refractivity contribution in [1.82, 2.24) is 14.9 Å². The van der Waals surface area contributed by atoms with Crippen molar-refractivity contribution in [2.24, 2.45) is 0 Å². The molecule has 19 heavy (non-hydrogen) atoms. The molecular formula is C15H21N3O. The Morgan fingerprint density at radius 1 is 1.32 bits per heavy atom. The van der Waals surface area contributed by atoms with Gasteiger partial charge in [0.1, 0.15) is 5.82 Å². The Kier molecular flexibility index (Phi) is 5.12. The van der Waals surface area contributed by atoms with Gasteiger partial charge in [-0.15, -0.1) is 0 Å². The predicted molar refractivity (Wildman–Crippen MR) is 77.0 cm³/mol. The smallest absolute Gasteiger partial charge is 0.139 e. The van der Waals surface area contributed by atoms with Crippen molar-refractivity contribution in [3.05, 3.63) is 42.7 Å². The summed E-state index contributed by atoms with van der Waals surface area (Å²) in [6, 6.07) is 10.5. The van der Waals surface area contributed by atoms with Crippen molar-refractivity contribution < 1.29 is 4.74 Å². The molecule has 0 bridgehead atoms. The maximum Gasteiger partial charge on any atom is 0.139 e. The van der Waals surface area contributed by atoms with Crippen molar-refractivity contribution in [2.45, 2.75) is 19.5 Å². The second kappa shape index (κ2) is 7.07. The second-order valence-electron chi connectivity index (χ2n) is 4.48. The number of likely N-dealkylation sites (N-methyl/N-ethyl adjacent to an activating group) is 1. The summed E-state index contributed by atoms with van der Waals surface area (Å²) in [6.07, 6.45) is 3.86. The van der Waals surface area contributed by atoms with Crippen molar-refractivity contribution in [3.8, 4) is 11.4 Å². The van der Waals surface area contributed by atoms with Crippen LogP contribution in [0.2, 0.25) is 0 Å². The molecule has 4 heteroatoms. The lowest BCUT2D eigenvalue weighted by Gasteiger charge is -2.18. The number of methoxy groups -OCH3 is 1. The van der Waals surface area contributed by atoms with Crippen molar-refractivity contribution in [1.29, 1.82) is 0 Å². The largest absolute Gasteiger partial charge is 0.383 e. The molecule has 1 aromatic heterocycles. The Bertz CT molecular complexity index is 475. The normalized spacial score (nSPS) is 12.5. The number of hydrogen-bond acceptors (Lipinski definition) is 3. The third-order valence-electron chi connectivity index (χ3n) is 3.03. The fourth-order valence-electron chi connectivity index (χ4n) is 2.21. The van der Waals surface area contributed by atoms with Crippen LogP contribution in [0.3, 0.4) is 0 Å². The summed E-state index contributed by atoms with van der Waals surface area (Å²) >= 11 is 0. The molecule has 2 rings (SSSR count). The topological polar surface area (TPSA) is 39.1 Å². The van der Waals surface area contributed by atoms with E-state index in [-0.39, 0.29) is 0 Å². The van der Waals surface area contributed by atoms with Gasteiger partial charge in [0.25, 0.3) is 0 Å². The van der Waals surface area contributed by atoms with Crippen LogP contribution in [0.5, 0.6) is 0 Å². The monoisotopic (exact) mass is 259 g/mol. The Morgan fingerprint density at radius 3 is 2.79 bits per heavy atom. The highest BCUT2D eigenvalue weighted by molar-refractivity contribution is 5.55. The number of ether oxygens (including phenoxy) is 1. The number of benzene rings is 1. The molecule has 0 saturated heterocycles. The van der Waals surface area contributed by atoms with Crippen LogP contribution in [-0.2, 0) is 11.3 Å². The zero-order valence-electron chi connectivity index (χ0n) is 11.5. The quantitative estimate of drug-likeness (QED) is 0.828. The van der Waals surface area contributed by atoms with Gasteiger partial charge in [0.2, 0.25) is 0 Å². The van der Waals surface area contributed by atoms with Gasteiger partial charge in [0.05, 0.1) is 6.61 Å². The average molecular weight is 259 g/mol. The van der Waals surface area contributed by atoms with Crippen molar-refractivity contribution in [2.75, 3.05) is 20.3 Å². The number of nitrogens with zero attached hydrogens (tertiary/aromatic N) is 2. The standard InChI is InChI=1S/C15H21N3O/c1-3-16-14(12-19-2)11-18-10-9-17-15(18)13-7-5-4-6-8-13/h4-10,14,16H,3,11-12H2,1-2H3. The molecule has 0 saturated carbocycles. The minimum Gasteiger partial charge on any atom is -0.383 e. The zero-order chi connectivity index (χ0) is 13.5. The molecule has 0 amide bonds. The maximum absolute atomic E-state index is 5.25. The third kappa shape index (κ3) is 3.66. The van der Waals surface area contributed by atoms with Crippen LogP contribution in [0.15, 0.2) is 42.7 Å². The molecule has 0 radical (unpaired) electrons. The number of imidazole rings is 1. The van der Waals surface area contributed by atoms with Crippen LogP contribution < -0.4 is 5.32 Å². The molecule has 1 aromatic carbocycles. The van der Waals surface area contributed by atoms with E-state index in [1.54, 1.807) is 7.11 Å². The molecular weight excluding hydrogens is 238 g/mol. The van der Waals surface area contributed by atoms with Gasteiger partial charge in [-0.25, -0.2) is 4.98 Å². The summed E-state index contributed by atoms with van der Waals surface area (Å²) in [5.41, 5.74) is 1.14. The number of rotatable bonds is 7. The fourth-order valence-corrected chi connectivity index (χ4v) is 2.21. The van der Waals surface area contributed by atoms with Crippen LogP contribution >= 0.6 is 0 Å². The summed E-state index contributed by atoms with van der Waals surface area (Å²) in [6.45, 7) is 4.59. The van der Waals surface area contributed by atoms with Gasteiger partial charge in [0.15, 0.2) is 0 Å². The van der Waals surface area contributed by atoms with Crippen LogP contribution in [0.4, 0.5) is 0 Å². The number of nitrogens with one attached hydrogen (secondary N) is 1. The van der Waals surface area contributed by atoms with Crippen molar-refractivity contribution >= 4 is 0 Å². The lowest BCUT2D eigenvalue weighted by Crippen LogP contribution is -2.36. The van der Waals surface area contributed by atoms with E-state index in [1.807, 2.05) is 30.6 Å². The van der Waals surface area contributed by atoms with E-state index in [2.05, 4.69) is 33.9 Å². The van der Waals surface area contributed by atoms with Crippen LogP contribution in [0.1, 0.15) is 6.92 Å². The van der Waals surface area contributed by atoms with Crippen molar-refractivity contribution in [3.63, 3.8) is 0 Å². The minimum atomic E-state index is 0.298. The van der Waals surface area contributed by atoms with E-state index in [1.165, 1.54) is 0 Å². The SMILES string of the molecule is CCNC(COC)Cn1ccnc1-c1ccccc1. The summed E-state index contributed by atoms with van der Waals surface area (Å²) < 4.78 is 7.42. The zero-order valence-corrected chi connectivity index (χ0v) is 11.5. The molecule has 0 aliphatic carbocycles. The van der Waals surface area contributed by atoms with E-state index in [4.69, 9.17) is 4.74 Å². The molecule has 1 unspecified atom stereocenters. The predicted octanol–water partition coefficient (Wildman–Crippen LogP) is 2.17. The lowest BCUT2D eigenvalue weighted by molar-refractivity contribution is 0.159. The summed E-state index contributed by atoms with van der Waals surface area (Å²) in [4.78, 5) is 4.45. The molecule has 0 aliphatic heterocycles. The van der Waals surface area contributed by atoms with Gasteiger partial charge in [-0.2, -0.15) is 0 Å². The molecule has 1 N–H and O–H groups in total. The summed E-state index contributed by atoms with van der Waals surface area (Å²) in [5.74, 6) is 1.000. The first-order chi connectivity index (χ1) is 9.35. The summed E-state index contributed by atoms with van der Waals surface area (Å²) in [5, 5.41) is 3.43. The molecule has 1 heterocycles. The molecule has 0 spiro atoms. The van der Waals surface area contributed by atoms with Gasteiger partial charge in [-0.05, 0) is 6.54 Å². The van der Waals surface area contributed by atoms with E-state index in [0.29, 0.717) is 12.6 Å². The average Bonchev–Trinajstić information content (AvgIpc) is 2.88. The Balaban J connectivity index is 2.15. The van der Waals surface area contributed by atoms with Gasteiger partial charge >= 0.3 is 0 Å². The second-order valence-corrected chi connectivity index (χ2v) is 4.48. The summed E-state index contributed by atoms with van der Waals surface area (Å²) in [7, 11) is 1.73. The molecule has 2 aromatic rings. The highest BCUT2D eigenvalue weighted by atomic mass is 16.5. The number of aromatic nitrogens is 2. The van der Waals surface area contributed by atoms with E-state index in [9.17, 15) is 0 Å². The first kappa shape index (κ1) is 13.8. The molecule has 0 fully saturated rings. The van der Waals surface area contributed by atoms with Gasteiger partial charge < -0.3 is 14.6 Å². The van der Waals surface area contributed by atoms with E-state index >= 15 is 0 Å². The van der Waals surface area contributed by atoms with Crippen LogP contribution in [0.25, 0.3) is 11.4 Å². The Hall–Kier alpha value is -1.65. The van der Waals surface area contributed by atoms with Gasteiger partial charge in [-0.1, -0.05) is 37.3 Å². The minimum absolute atomic E-state index is 0.298. The van der Waals surface area contributed by atoms with Crippen LogP contribution in [0, 0.1) is 0 Å². The first-order valence-electron chi connectivity index (χ1n) is 6.64. The van der Waals surface area contributed by atoms with Gasteiger partial charge in [0, 0.05) is 37.7 Å². The van der Waals surface area contributed by atoms with E-state index < -0.39 is 0 Å². The Morgan fingerprint density at radius 2 is 2.11 bits per heavy atom. The van der Waals surface area contributed by atoms with Crippen LogP contribution in [-0.4, -0.2) is 35.9 Å². The first-order valence-corrected chi connectivity index (χ1v) is 6.64. The maximum atomic E-state index is 5.25. The Labute approximate surface area is 114 Å². The third-order valence-corrected chi connectivity index (χ3v) is 3.03. The lowest BCUT2D eigenvalue weighted by atomic mass is 10.2. The molecule has 102 valence electrons. The molecule has 1 atom stereocenters.